The van der Waals surface area contributed by atoms with Crippen molar-refractivity contribution >= 4 is 48.0 Å². The molecule has 4 atom stereocenters. The van der Waals surface area contributed by atoms with Crippen molar-refractivity contribution < 1.29 is 28.8 Å². The molecule has 0 aromatic heterocycles. The average molecular weight is 771 g/mol. The zero-order valence-corrected chi connectivity index (χ0v) is 34.0. The van der Waals surface area contributed by atoms with E-state index in [0.717, 1.165) is 55.1 Å². The summed E-state index contributed by atoms with van der Waals surface area (Å²) in [5.41, 5.74) is 5.92. The first-order chi connectivity index (χ1) is 26.7. The van der Waals surface area contributed by atoms with Crippen LogP contribution in [0.3, 0.4) is 0 Å². The number of carbonyl (C=O) groups is 2. The minimum absolute atomic E-state index is 0.179. The number of ether oxygens (including phenoxy) is 1. The summed E-state index contributed by atoms with van der Waals surface area (Å²) in [5, 5.41) is 24.0. The number of benzene rings is 4. The summed E-state index contributed by atoms with van der Waals surface area (Å²) in [6.45, 7) is 13.2. The smallest absolute Gasteiger partial charge is 0.271 e. The monoisotopic (exact) mass is 770 g/mol. The van der Waals surface area contributed by atoms with E-state index in [9.17, 15) is 24.8 Å². The summed E-state index contributed by atoms with van der Waals surface area (Å²) < 4.78 is 14.1. The Hall–Kier alpha value is -5.16. The number of amides is 2. The highest BCUT2D eigenvalue weighted by Gasteiger charge is 2.58. The van der Waals surface area contributed by atoms with Crippen LogP contribution in [-0.4, -0.2) is 49.5 Å². The van der Waals surface area contributed by atoms with Crippen molar-refractivity contribution in [3.8, 4) is 5.75 Å². The van der Waals surface area contributed by atoms with Crippen molar-refractivity contribution in [2.45, 2.75) is 71.9 Å². The zero-order chi connectivity index (χ0) is 39.9. The van der Waals surface area contributed by atoms with Gasteiger partial charge >= 0.3 is 0 Å². The van der Waals surface area contributed by atoms with Crippen LogP contribution in [0.25, 0.3) is 6.08 Å². The number of hydrogen-bond acceptors (Lipinski definition) is 7. The number of aromatic hydroxyl groups is 1. The molecule has 7 rings (SSSR count). The van der Waals surface area contributed by atoms with Crippen LogP contribution < -0.4 is 15.3 Å². The first-order valence-corrected chi connectivity index (χ1v) is 21.3. The van der Waals surface area contributed by atoms with E-state index in [2.05, 4.69) is 82.3 Å². The van der Waals surface area contributed by atoms with Crippen LogP contribution in [-0.2, 0) is 18.8 Å². The molecule has 9 nitrogen and oxygen atoms in total. The topological polar surface area (TPSA) is 119 Å². The molecule has 0 radical (unpaired) electrons. The van der Waals surface area contributed by atoms with Crippen LogP contribution in [0.1, 0.15) is 63.6 Å². The van der Waals surface area contributed by atoms with Crippen molar-refractivity contribution in [1.82, 2.24) is 0 Å². The molecule has 0 saturated carbocycles. The van der Waals surface area contributed by atoms with Gasteiger partial charge in [-0.15, -0.1) is 0 Å². The van der Waals surface area contributed by atoms with Gasteiger partial charge in [-0.05, 0) is 101 Å². The molecule has 4 aromatic rings. The van der Waals surface area contributed by atoms with Crippen molar-refractivity contribution in [2.24, 2.45) is 17.8 Å². The highest BCUT2D eigenvalue weighted by atomic mass is 28.4. The molecule has 0 spiro atoms. The van der Waals surface area contributed by atoms with E-state index in [4.69, 9.17) is 9.16 Å². The molecule has 2 saturated heterocycles. The van der Waals surface area contributed by atoms with Crippen LogP contribution in [0, 0.1) is 41.7 Å². The first-order valence-electron chi connectivity index (χ1n) is 19.4. The third kappa shape index (κ3) is 7.06. The number of imide groups is 1. The Morgan fingerprint density at radius 3 is 2.14 bits per heavy atom. The Morgan fingerprint density at radius 2 is 1.55 bits per heavy atom. The molecule has 3 aliphatic rings. The fourth-order valence-corrected chi connectivity index (χ4v) is 13.9. The van der Waals surface area contributed by atoms with Crippen LogP contribution >= 0.6 is 0 Å². The zero-order valence-electron chi connectivity index (χ0n) is 33.0. The van der Waals surface area contributed by atoms with Gasteiger partial charge in [0, 0.05) is 18.1 Å². The first kappa shape index (κ1) is 39.1. The molecule has 1 aliphatic carbocycles. The number of allylic oxidation sites excluding steroid dienone is 1. The van der Waals surface area contributed by atoms with E-state index in [1.807, 2.05) is 38.1 Å². The molecule has 290 valence electrons. The molecule has 2 amide bonds. The van der Waals surface area contributed by atoms with E-state index in [1.54, 1.807) is 6.07 Å². The normalized spacial score (nSPS) is 21.4. The standard InChI is InChI=1S/C46H50N2O7Si/c1-29(22-32-23-30(2)43(49)31(3)24-32)20-21-40-41-33(27-55-56(46(4,5)6,36-16-9-7-10-17-36)37-18-11-8-12-19-37)25-38-42(39(41)28-54-40)45(51)47(44(38)50)34-14-13-15-35(26-34)48(52)53/h7-19,22-24,26,38-40,42,49H,20-21,25,27-28H2,1-6H3/b29-22+/t38-,39+,40-,42-/m1/s1. The van der Waals surface area contributed by atoms with Gasteiger partial charge in [0.15, 0.2) is 0 Å². The number of hydrogen-bond donors (Lipinski definition) is 1. The predicted octanol–water partition coefficient (Wildman–Crippen LogP) is 8.20. The van der Waals surface area contributed by atoms with E-state index in [1.165, 1.54) is 18.2 Å². The number of carbonyl (C=O) groups excluding carboxylic acids is 2. The second-order valence-corrected chi connectivity index (χ2v) is 20.9. The third-order valence-electron chi connectivity index (χ3n) is 11.9. The maximum atomic E-state index is 14.4. The molecule has 4 aromatic carbocycles. The number of nitro groups is 1. The number of nitrogens with zero attached hydrogens (tertiary/aromatic N) is 2. The van der Waals surface area contributed by atoms with Crippen molar-refractivity contribution in [3.63, 3.8) is 0 Å². The van der Waals surface area contributed by atoms with Crippen LogP contribution in [0.2, 0.25) is 5.04 Å². The highest BCUT2D eigenvalue weighted by Crippen LogP contribution is 2.51. The minimum Gasteiger partial charge on any atom is -0.507 e. The predicted molar refractivity (Wildman–Crippen MR) is 221 cm³/mol. The van der Waals surface area contributed by atoms with Crippen LogP contribution in [0.4, 0.5) is 11.4 Å². The summed E-state index contributed by atoms with van der Waals surface area (Å²) >= 11 is 0. The molecule has 56 heavy (non-hydrogen) atoms. The lowest BCUT2D eigenvalue weighted by atomic mass is 9.69. The van der Waals surface area contributed by atoms with Gasteiger partial charge in [0.05, 0.1) is 41.8 Å². The largest absolute Gasteiger partial charge is 0.507 e. The Balaban J connectivity index is 1.27. The quantitative estimate of drug-likeness (QED) is 0.0537. The third-order valence-corrected chi connectivity index (χ3v) is 16.9. The Kier molecular flexibility index (Phi) is 10.8. The van der Waals surface area contributed by atoms with E-state index in [-0.39, 0.29) is 46.9 Å². The SMILES string of the molecule is C/C(=C\c1cc(C)c(O)c(C)c1)CC[C@H]1OC[C@H]2C1=C(CO[Si](c1ccccc1)(c1ccccc1)C(C)(C)C)C[C@H]1C(=O)N(c3cccc([N+](=O)[O-])c3)C(=O)[C@H]12. The van der Waals surface area contributed by atoms with Gasteiger partial charge in [-0.25, -0.2) is 4.90 Å². The summed E-state index contributed by atoms with van der Waals surface area (Å²) in [4.78, 5) is 41.0. The van der Waals surface area contributed by atoms with Gasteiger partial charge in [-0.3, -0.25) is 19.7 Å². The van der Waals surface area contributed by atoms with Gasteiger partial charge < -0.3 is 14.3 Å². The molecule has 10 heteroatoms. The van der Waals surface area contributed by atoms with Crippen molar-refractivity contribution in [2.75, 3.05) is 18.1 Å². The Labute approximate surface area is 329 Å². The number of non-ortho nitro benzene ring substituents is 1. The minimum atomic E-state index is -2.97. The van der Waals surface area contributed by atoms with Gasteiger partial charge in [0.25, 0.3) is 14.0 Å². The maximum absolute atomic E-state index is 14.4. The van der Waals surface area contributed by atoms with Gasteiger partial charge in [0.2, 0.25) is 11.8 Å². The average Bonchev–Trinajstić information content (AvgIpc) is 3.71. The lowest BCUT2D eigenvalue weighted by Gasteiger charge is -2.44. The van der Waals surface area contributed by atoms with Gasteiger partial charge in [-0.1, -0.05) is 99.2 Å². The summed E-state index contributed by atoms with van der Waals surface area (Å²) in [6, 6.07) is 30.6. The van der Waals surface area contributed by atoms with Crippen molar-refractivity contribution in [3.05, 3.63) is 141 Å². The lowest BCUT2D eigenvalue weighted by Crippen LogP contribution is -2.66. The molecule has 1 N–H and O–H groups in total. The molecule has 2 aliphatic heterocycles. The molecule has 0 unspecified atom stereocenters. The van der Waals surface area contributed by atoms with E-state index >= 15 is 0 Å². The van der Waals surface area contributed by atoms with E-state index < -0.39 is 25.1 Å². The van der Waals surface area contributed by atoms with Gasteiger partial charge in [-0.2, -0.15) is 0 Å². The second kappa shape index (κ2) is 15.4. The number of phenolic OH excluding ortho intramolecular Hbond substituents is 1. The Morgan fingerprint density at radius 1 is 0.929 bits per heavy atom. The number of phenols is 1. The van der Waals surface area contributed by atoms with Gasteiger partial charge in [0.1, 0.15) is 5.75 Å². The summed E-state index contributed by atoms with van der Waals surface area (Å²) in [5.74, 6) is -1.98. The van der Waals surface area contributed by atoms with Crippen LogP contribution in [0.15, 0.2) is 114 Å². The summed E-state index contributed by atoms with van der Waals surface area (Å²) in [7, 11) is -2.97. The number of anilines is 1. The summed E-state index contributed by atoms with van der Waals surface area (Å²) in [6.07, 6.45) is 3.62. The number of nitro benzene ring substituents is 1. The van der Waals surface area contributed by atoms with Crippen molar-refractivity contribution in [1.29, 1.82) is 0 Å². The van der Waals surface area contributed by atoms with Crippen LogP contribution in [0.5, 0.6) is 5.75 Å². The molecule has 2 fully saturated rings. The molecular weight excluding hydrogens is 721 g/mol. The van der Waals surface area contributed by atoms with E-state index in [0.29, 0.717) is 25.2 Å². The maximum Gasteiger partial charge on any atom is 0.271 e. The fraction of sp³-hybridized carbons (Fsp3) is 0.348. The molecule has 2 heterocycles. The number of rotatable bonds is 11. The number of fused-ring (bicyclic) bond motifs is 3. The Bertz CT molecular complexity index is 2160. The fourth-order valence-electron chi connectivity index (χ4n) is 9.35. The molecule has 0 bridgehead atoms. The second-order valence-electron chi connectivity index (χ2n) is 16.6. The highest BCUT2D eigenvalue weighted by molar-refractivity contribution is 6.99. The number of aryl methyl sites for hydroxylation is 2. The lowest BCUT2D eigenvalue weighted by molar-refractivity contribution is -0.384. The molecular formula is C46H50N2O7Si.